The minimum Gasteiger partial charge on any atom is -0.490 e. The van der Waals surface area contributed by atoms with E-state index in [0.717, 1.165) is 24.2 Å². The third-order valence-corrected chi connectivity index (χ3v) is 5.15. The van der Waals surface area contributed by atoms with Crippen LogP contribution in [0.3, 0.4) is 0 Å². The first-order valence-electron chi connectivity index (χ1n) is 7.19. The van der Waals surface area contributed by atoms with Crippen molar-refractivity contribution in [1.29, 1.82) is 0 Å². The molecule has 0 amide bonds. The first-order valence-corrected chi connectivity index (χ1v) is 8.74. The van der Waals surface area contributed by atoms with Crippen molar-refractivity contribution in [3.05, 3.63) is 23.3 Å². The summed E-state index contributed by atoms with van der Waals surface area (Å²) >= 11 is 0. The summed E-state index contributed by atoms with van der Waals surface area (Å²) in [5, 5.41) is 5.21. The molecule has 1 aliphatic rings. The molecule has 0 bridgehead atoms. The lowest BCUT2D eigenvalue weighted by Gasteiger charge is -2.20. The van der Waals surface area contributed by atoms with Gasteiger partial charge in [0.25, 0.3) is 0 Å². The summed E-state index contributed by atoms with van der Waals surface area (Å²) in [7, 11) is -3.67. The second-order valence-electron chi connectivity index (χ2n) is 5.59. The van der Waals surface area contributed by atoms with Crippen LogP contribution in [0.2, 0.25) is 0 Å². The largest absolute Gasteiger partial charge is 0.490 e. The van der Waals surface area contributed by atoms with Crippen molar-refractivity contribution in [3.8, 4) is 5.75 Å². The third kappa shape index (κ3) is 3.52. The average Bonchev–Trinajstić information content (AvgIpc) is 2.62. The molecule has 0 spiro atoms. The Labute approximate surface area is 121 Å². The number of primary sulfonamides is 1. The zero-order valence-electron chi connectivity index (χ0n) is 12.2. The molecule has 0 atom stereocenters. The molecule has 20 heavy (non-hydrogen) atoms. The molecule has 1 fully saturated rings. The van der Waals surface area contributed by atoms with Crippen LogP contribution in [0.4, 0.5) is 0 Å². The molecule has 0 heterocycles. The fourth-order valence-corrected chi connectivity index (χ4v) is 3.58. The molecule has 1 saturated carbocycles. The van der Waals surface area contributed by atoms with Crippen LogP contribution in [0.15, 0.2) is 17.0 Å². The van der Waals surface area contributed by atoms with Gasteiger partial charge in [0.05, 0.1) is 11.0 Å². The fourth-order valence-electron chi connectivity index (χ4n) is 2.75. The minimum atomic E-state index is -3.67. The second-order valence-corrected chi connectivity index (χ2v) is 7.12. The summed E-state index contributed by atoms with van der Waals surface area (Å²) in [5.74, 6) is 0.779. The summed E-state index contributed by atoms with van der Waals surface area (Å²) in [6, 6.07) is 3.27. The lowest BCUT2D eigenvalue weighted by atomic mass is 10.1. The molecule has 0 saturated heterocycles. The summed E-state index contributed by atoms with van der Waals surface area (Å²) in [6.07, 6.45) is 7.38. The highest BCUT2D eigenvalue weighted by molar-refractivity contribution is 7.89. The Bertz CT molecular complexity index is 573. The van der Waals surface area contributed by atoms with Crippen LogP contribution in [0, 0.1) is 13.8 Å². The SMILES string of the molecule is Cc1c(OC2CCCCCC2)ccc(S(N)(=O)=O)c1C. The predicted molar refractivity (Wildman–Crippen MR) is 79.4 cm³/mol. The van der Waals surface area contributed by atoms with Crippen molar-refractivity contribution in [2.45, 2.75) is 63.4 Å². The van der Waals surface area contributed by atoms with Crippen molar-refractivity contribution in [2.24, 2.45) is 5.14 Å². The van der Waals surface area contributed by atoms with Gasteiger partial charge in [-0.15, -0.1) is 0 Å². The first-order chi connectivity index (χ1) is 9.39. The number of ether oxygens (including phenoxy) is 1. The zero-order valence-corrected chi connectivity index (χ0v) is 13.0. The van der Waals surface area contributed by atoms with Gasteiger partial charge in [-0.05, 0) is 62.8 Å². The molecule has 1 aromatic carbocycles. The molecular formula is C15H23NO3S. The molecule has 0 unspecified atom stereocenters. The highest BCUT2D eigenvalue weighted by atomic mass is 32.2. The molecular weight excluding hydrogens is 274 g/mol. The van der Waals surface area contributed by atoms with Crippen LogP contribution in [-0.2, 0) is 10.0 Å². The number of benzene rings is 1. The minimum absolute atomic E-state index is 0.184. The van der Waals surface area contributed by atoms with Crippen molar-refractivity contribution in [2.75, 3.05) is 0 Å². The molecule has 0 aromatic heterocycles. The van der Waals surface area contributed by atoms with Gasteiger partial charge in [-0.3, -0.25) is 0 Å². The van der Waals surface area contributed by atoms with E-state index in [1.54, 1.807) is 19.1 Å². The first kappa shape index (κ1) is 15.3. The smallest absolute Gasteiger partial charge is 0.238 e. The van der Waals surface area contributed by atoms with E-state index < -0.39 is 10.0 Å². The highest BCUT2D eigenvalue weighted by Crippen LogP contribution is 2.29. The summed E-state index contributed by atoms with van der Waals surface area (Å²) < 4.78 is 29.1. The molecule has 4 nitrogen and oxygen atoms in total. The van der Waals surface area contributed by atoms with Gasteiger partial charge in [0, 0.05) is 0 Å². The summed E-state index contributed by atoms with van der Waals surface area (Å²) in [4.78, 5) is 0.184. The zero-order chi connectivity index (χ0) is 14.8. The van der Waals surface area contributed by atoms with Gasteiger partial charge < -0.3 is 4.74 Å². The van der Waals surface area contributed by atoms with Crippen LogP contribution in [-0.4, -0.2) is 14.5 Å². The van der Waals surface area contributed by atoms with Gasteiger partial charge in [-0.2, -0.15) is 0 Å². The standard InChI is InChI=1S/C15H23NO3S/c1-11-12(2)15(20(16,17)18)10-9-14(11)19-13-7-5-3-4-6-8-13/h9-10,13H,3-8H2,1-2H3,(H2,16,17,18). The van der Waals surface area contributed by atoms with Crippen molar-refractivity contribution in [1.82, 2.24) is 0 Å². The summed E-state index contributed by atoms with van der Waals surface area (Å²) in [6.45, 7) is 3.66. The molecule has 2 N–H and O–H groups in total. The monoisotopic (exact) mass is 297 g/mol. The molecule has 2 rings (SSSR count). The number of hydrogen-bond acceptors (Lipinski definition) is 3. The predicted octanol–water partition coefficient (Wildman–Crippen LogP) is 3.05. The van der Waals surface area contributed by atoms with E-state index in [1.807, 2.05) is 6.92 Å². The Hall–Kier alpha value is -1.07. The maximum atomic E-state index is 11.5. The average molecular weight is 297 g/mol. The topological polar surface area (TPSA) is 69.4 Å². The van der Waals surface area contributed by atoms with Crippen LogP contribution < -0.4 is 9.88 Å². The van der Waals surface area contributed by atoms with Gasteiger partial charge in [0.2, 0.25) is 10.0 Å². The molecule has 0 aliphatic heterocycles. The normalized spacial score (nSPS) is 17.8. The van der Waals surface area contributed by atoms with Crippen molar-refractivity contribution < 1.29 is 13.2 Å². The van der Waals surface area contributed by atoms with Gasteiger partial charge in [-0.1, -0.05) is 12.8 Å². The van der Waals surface area contributed by atoms with Gasteiger partial charge in [-0.25, -0.2) is 13.6 Å². The Balaban J connectivity index is 2.23. The van der Waals surface area contributed by atoms with E-state index in [4.69, 9.17) is 9.88 Å². The van der Waals surface area contributed by atoms with Crippen LogP contribution >= 0.6 is 0 Å². The van der Waals surface area contributed by atoms with Crippen molar-refractivity contribution in [3.63, 3.8) is 0 Å². The van der Waals surface area contributed by atoms with E-state index in [2.05, 4.69) is 0 Å². The second kappa shape index (κ2) is 6.14. The third-order valence-electron chi connectivity index (χ3n) is 4.09. The fraction of sp³-hybridized carbons (Fsp3) is 0.600. The van der Waals surface area contributed by atoms with E-state index in [0.29, 0.717) is 5.56 Å². The number of rotatable bonds is 3. The summed E-state index contributed by atoms with van der Waals surface area (Å²) in [5.41, 5.74) is 1.54. The Morgan fingerprint density at radius 2 is 1.65 bits per heavy atom. The Morgan fingerprint density at radius 3 is 2.20 bits per heavy atom. The molecule has 1 aromatic rings. The number of nitrogens with two attached hydrogens (primary N) is 1. The van der Waals surface area contributed by atoms with Crippen molar-refractivity contribution >= 4 is 10.0 Å². The molecule has 112 valence electrons. The highest BCUT2D eigenvalue weighted by Gasteiger charge is 2.18. The number of hydrogen-bond donors (Lipinski definition) is 1. The number of sulfonamides is 1. The van der Waals surface area contributed by atoms with Gasteiger partial charge >= 0.3 is 0 Å². The van der Waals surface area contributed by atoms with E-state index >= 15 is 0 Å². The maximum absolute atomic E-state index is 11.5. The lowest BCUT2D eigenvalue weighted by Crippen LogP contribution is -2.17. The van der Waals surface area contributed by atoms with Gasteiger partial charge in [0.15, 0.2) is 0 Å². The maximum Gasteiger partial charge on any atom is 0.238 e. The van der Waals surface area contributed by atoms with E-state index in [9.17, 15) is 8.42 Å². The van der Waals surface area contributed by atoms with Crippen LogP contribution in [0.5, 0.6) is 5.75 Å². The quantitative estimate of drug-likeness (QED) is 0.872. The van der Waals surface area contributed by atoms with Crippen LogP contribution in [0.1, 0.15) is 49.7 Å². The van der Waals surface area contributed by atoms with E-state index in [1.165, 1.54) is 25.7 Å². The van der Waals surface area contributed by atoms with E-state index in [-0.39, 0.29) is 11.0 Å². The van der Waals surface area contributed by atoms with Crippen LogP contribution in [0.25, 0.3) is 0 Å². The molecule has 5 heteroatoms. The molecule has 0 radical (unpaired) electrons. The Morgan fingerprint density at radius 1 is 1.05 bits per heavy atom. The Kier molecular flexibility index (Phi) is 4.70. The lowest BCUT2D eigenvalue weighted by molar-refractivity contribution is 0.182. The molecule has 1 aliphatic carbocycles. The van der Waals surface area contributed by atoms with Gasteiger partial charge in [0.1, 0.15) is 5.75 Å².